The second-order valence-electron chi connectivity index (χ2n) is 5.56. The first-order valence-electron chi connectivity index (χ1n) is 7.49. The van der Waals surface area contributed by atoms with E-state index in [2.05, 4.69) is 10.6 Å². The Hall–Kier alpha value is -1.44. The van der Waals surface area contributed by atoms with Crippen molar-refractivity contribution >= 4 is 28.2 Å². The first-order valence-corrected chi connectivity index (χ1v) is 8.31. The largest absolute Gasteiger partial charge is 0.383 e. The predicted octanol–water partition coefficient (Wildman–Crippen LogP) is 1.29. The number of ether oxygens (including phenoxy) is 1. The number of carbonyl (C=O) groups excluding carboxylic acids is 2. The Morgan fingerprint density at radius 3 is 2.77 bits per heavy atom. The number of aryl methyl sites for hydroxylation is 1. The highest BCUT2D eigenvalue weighted by Gasteiger charge is 2.24. The monoisotopic (exact) mass is 325 g/mol. The maximum absolute atomic E-state index is 12.0. The van der Waals surface area contributed by atoms with Gasteiger partial charge in [-0.2, -0.15) is 0 Å². The van der Waals surface area contributed by atoms with Crippen LogP contribution in [0.5, 0.6) is 0 Å². The van der Waals surface area contributed by atoms with Gasteiger partial charge in [0.05, 0.1) is 18.7 Å². The molecule has 1 aromatic heterocycles. The van der Waals surface area contributed by atoms with Crippen LogP contribution in [0.2, 0.25) is 0 Å². The molecule has 0 radical (unpaired) electrons. The fourth-order valence-electron chi connectivity index (χ4n) is 2.66. The first kappa shape index (κ1) is 16.9. The molecule has 0 saturated carbocycles. The average molecular weight is 325 g/mol. The van der Waals surface area contributed by atoms with E-state index in [9.17, 15) is 9.59 Å². The van der Waals surface area contributed by atoms with Gasteiger partial charge < -0.3 is 21.1 Å². The standard InChI is InChI=1S/C15H23N3O3S/c1-9(8-21-2)17-7-12(19)18-15-13(14(16)20)10-5-3-4-6-11(10)22-15/h9,17H,3-8H2,1-2H3,(H2,16,20)(H,18,19). The van der Waals surface area contributed by atoms with Crippen LogP contribution in [0.15, 0.2) is 0 Å². The fourth-order valence-corrected chi connectivity index (χ4v) is 3.97. The smallest absolute Gasteiger partial charge is 0.251 e. The van der Waals surface area contributed by atoms with Crippen LogP contribution in [0.1, 0.15) is 40.6 Å². The highest BCUT2D eigenvalue weighted by molar-refractivity contribution is 7.17. The molecule has 0 bridgehead atoms. The Balaban J connectivity index is 2.04. The van der Waals surface area contributed by atoms with Crippen molar-refractivity contribution in [3.63, 3.8) is 0 Å². The summed E-state index contributed by atoms with van der Waals surface area (Å²) in [6.07, 6.45) is 4.01. The molecule has 1 unspecified atom stereocenters. The van der Waals surface area contributed by atoms with Gasteiger partial charge in [0.25, 0.3) is 5.91 Å². The van der Waals surface area contributed by atoms with Gasteiger partial charge >= 0.3 is 0 Å². The van der Waals surface area contributed by atoms with Gasteiger partial charge in [-0.3, -0.25) is 9.59 Å². The lowest BCUT2D eigenvalue weighted by atomic mass is 9.95. The van der Waals surface area contributed by atoms with Gasteiger partial charge in [-0.15, -0.1) is 11.3 Å². The molecule has 1 heterocycles. The van der Waals surface area contributed by atoms with Gasteiger partial charge in [-0.05, 0) is 38.2 Å². The number of hydrogen-bond donors (Lipinski definition) is 3. The molecule has 0 aliphatic heterocycles. The van der Waals surface area contributed by atoms with Crippen LogP contribution in [0.25, 0.3) is 0 Å². The summed E-state index contributed by atoms with van der Waals surface area (Å²) in [6.45, 7) is 2.65. The molecule has 2 rings (SSSR count). The summed E-state index contributed by atoms with van der Waals surface area (Å²) in [5, 5.41) is 6.48. The molecule has 4 N–H and O–H groups in total. The molecule has 1 aromatic rings. The fraction of sp³-hybridized carbons (Fsp3) is 0.600. The Kier molecular flexibility index (Phi) is 5.93. The number of fused-ring (bicyclic) bond motifs is 1. The zero-order valence-corrected chi connectivity index (χ0v) is 13.8. The molecule has 22 heavy (non-hydrogen) atoms. The number of nitrogens with two attached hydrogens (primary N) is 1. The number of primary amides is 1. The number of amides is 2. The lowest BCUT2D eigenvalue weighted by Gasteiger charge is -2.12. The van der Waals surface area contributed by atoms with Crippen LogP contribution in [0.3, 0.4) is 0 Å². The summed E-state index contributed by atoms with van der Waals surface area (Å²) in [5.41, 5.74) is 7.03. The summed E-state index contributed by atoms with van der Waals surface area (Å²) >= 11 is 1.48. The maximum atomic E-state index is 12.0. The minimum absolute atomic E-state index is 0.0860. The molecule has 2 amide bonds. The van der Waals surface area contributed by atoms with Crippen LogP contribution in [-0.2, 0) is 22.4 Å². The van der Waals surface area contributed by atoms with Gasteiger partial charge in [-0.25, -0.2) is 0 Å². The minimum atomic E-state index is -0.463. The van der Waals surface area contributed by atoms with E-state index in [0.29, 0.717) is 17.2 Å². The second-order valence-corrected chi connectivity index (χ2v) is 6.67. The van der Waals surface area contributed by atoms with Crippen LogP contribution < -0.4 is 16.4 Å². The lowest BCUT2D eigenvalue weighted by molar-refractivity contribution is -0.115. The molecule has 1 aliphatic rings. The SMILES string of the molecule is COCC(C)NCC(=O)Nc1sc2c(c1C(N)=O)CCCC2. The van der Waals surface area contributed by atoms with E-state index in [1.165, 1.54) is 16.2 Å². The number of thiophene rings is 1. The molecule has 0 saturated heterocycles. The third-order valence-electron chi connectivity index (χ3n) is 3.70. The van der Waals surface area contributed by atoms with E-state index >= 15 is 0 Å². The van der Waals surface area contributed by atoms with Crippen LogP contribution in [0, 0.1) is 0 Å². The van der Waals surface area contributed by atoms with Crippen molar-refractivity contribution < 1.29 is 14.3 Å². The average Bonchev–Trinajstić information content (AvgIpc) is 2.83. The number of carbonyl (C=O) groups is 2. The molecular weight excluding hydrogens is 302 g/mol. The Morgan fingerprint density at radius 1 is 1.36 bits per heavy atom. The van der Waals surface area contributed by atoms with E-state index in [-0.39, 0.29) is 18.5 Å². The molecule has 1 aliphatic carbocycles. The normalized spacial score (nSPS) is 15.2. The van der Waals surface area contributed by atoms with E-state index in [1.54, 1.807) is 7.11 Å². The molecular formula is C15H23N3O3S. The molecule has 0 spiro atoms. The van der Waals surface area contributed by atoms with Gasteiger partial charge in [-0.1, -0.05) is 0 Å². The minimum Gasteiger partial charge on any atom is -0.383 e. The molecule has 6 nitrogen and oxygen atoms in total. The van der Waals surface area contributed by atoms with Crippen LogP contribution in [0.4, 0.5) is 5.00 Å². The van der Waals surface area contributed by atoms with Gasteiger partial charge in [0, 0.05) is 18.0 Å². The highest BCUT2D eigenvalue weighted by atomic mass is 32.1. The Bertz CT molecular complexity index is 556. The summed E-state index contributed by atoms with van der Waals surface area (Å²) in [6, 6.07) is 0.0860. The molecule has 122 valence electrons. The van der Waals surface area contributed by atoms with Crippen molar-refractivity contribution in [3.05, 3.63) is 16.0 Å². The molecule has 0 aromatic carbocycles. The van der Waals surface area contributed by atoms with Crippen molar-refractivity contribution in [2.24, 2.45) is 5.73 Å². The van der Waals surface area contributed by atoms with Crippen LogP contribution >= 0.6 is 11.3 Å². The zero-order valence-electron chi connectivity index (χ0n) is 13.0. The molecule has 0 fully saturated rings. The van der Waals surface area contributed by atoms with Gasteiger partial charge in [0.1, 0.15) is 5.00 Å². The number of anilines is 1. The van der Waals surface area contributed by atoms with Crippen molar-refractivity contribution in [1.82, 2.24) is 5.32 Å². The number of hydrogen-bond acceptors (Lipinski definition) is 5. The van der Waals surface area contributed by atoms with Gasteiger partial charge in [0.15, 0.2) is 0 Å². The van der Waals surface area contributed by atoms with E-state index in [1.807, 2.05) is 6.92 Å². The van der Waals surface area contributed by atoms with Crippen molar-refractivity contribution in [1.29, 1.82) is 0 Å². The summed E-state index contributed by atoms with van der Waals surface area (Å²) in [5.74, 6) is -0.639. The maximum Gasteiger partial charge on any atom is 0.251 e. The first-order chi connectivity index (χ1) is 10.5. The summed E-state index contributed by atoms with van der Waals surface area (Å²) < 4.78 is 5.01. The highest BCUT2D eigenvalue weighted by Crippen LogP contribution is 2.37. The van der Waals surface area contributed by atoms with E-state index in [0.717, 1.165) is 31.2 Å². The molecule has 7 heteroatoms. The number of methoxy groups -OCH3 is 1. The predicted molar refractivity (Wildman–Crippen MR) is 87.4 cm³/mol. The third-order valence-corrected chi connectivity index (χ3v) is 4.91. The Morgan fingerprint density at radius 2 is 2.09 bits per heavy atom. The van der Waals surface area contributed by atoms with Crippen molar-refractivity contribution in [2.75, 3.05) is 25.6 Å². The van der Waals surface area contributed by atoms with E-state index < -0.39 is 5.91 Å². The topological polar surface area (TPSA) is 93.4 Å². The molecule has 1 atom stereocenters. The number of rotatable bonds is 7. The third kappa shape index (κ3) is 4.06. The van der Waals surface area contributed by atoms with Gasteiger partial charge in [0.2, 0.25) is 5.91 Å². The van der Waals surface area contributed by atoms with Crippen molar-refractivity contribution in [3.8, 4) is 0 Å². The van der Waals surface area contributed by atoms with Crippen LogP contribution in [-0.4, -0.2) is 38.1 Å². The lowest BCUT2D eigenvalue weighted by Crippen LogP contribution is -2.36. The quantitative estimate of drug-likeness (QED) is 0.704. The second kappa shape index (κ2) is 7.71. The summed E-state index contributed by atoms with van der Waals surface area (Å²) in [4.78, 5) is 25.0. The summed E-state index contributed by atoms with van der Waals surface area (Å²) in [7, 11) is 1.62. The van der Waals surface area contributed by atoms with Crippen molar-refractivity contribution in [2.45, 2.75) is 38.6 Å². The Labute approximate surface area is 134 Å². The number of nitrogens with one attached hydrogen (secondary N) is 2. The van der Waals surface area contributed by atoms with E-state index in [4.69, 9.17) is 10.5 Å². The zero-order chi connectivity index (χ0) is 16.1.